The van der Waals surface area contributed by atoms with Crippen LogP contribution in [0.2, 0.25) is 0 Å². The van der Waals surface area contributed by atoms with Gasteiger partial charge in [-0.15, -0.1) is 0 Å². The molecular formula is C13H14N4O4. The van der Waals surface area contributed by atoms with Gasteiger partial charge in [0.25, 0.3) is 0 Å². The molecule has 0 saturated heterocycles. The Morgan fingerprint density at radius 3 is 2.76 bits per heavy atom. The Hall–Kier alpha value is -2.90. The summed E-state index contributed by atoms with van der Waals surface area (Å²) in [7, 11) is 3.14. The molecule has 0 saturated carbocycles. The molecule has 0 aliphatic rings. The number of nitrogens with one attached hydrogen (secondary N) is 1. The van der Waals surface area contributed by atoms with Crippen molar-refractivity contribution in [2.45, 2.75) is 6.92 Å². The number of aromatic nitrogens is 2. The largest absolute Gasteiger partial charge is 0.497 e. The standard InChI is InChI=1S/C13H14N4O4/c1-8-7-15-13(14-2)16-12(8)21-11-6-9(20-3)4-5-10(11)17(18)19/h4-7H,1-3H3,(H,14,15,16). The van der Waals surface area contributed by atoms with Gasteiger partial charge in [0.05, 0.1) is 12.0 Å². The molecule has 2 aromatic rings. The zero-order valence-electron chi connectivity index (χ0n) is 11.8. The SMILES string of the molecule is CNc1ncc(C)c(Oc2cc(OC)ccc2[N+](=O)[O-])n1. The Bertz CT molecular complexity index is 675. The van der Waals surface area contributed by atoms with Crippen LogP contribution in [0, 0.1) is 17.0 Å². The van der Waals surface area contributed by atoms with Crippen molar-refractivity contribution >= 4 is 11.6 Å². The molecule has 0 aliphatic heterocycles. The number of nitrogens with zero attached hydrogens (tertiary/aromatic N) is 3. The molecule has 110 valence electrons. The minimum absolute atomic E-state index is 0.0585. The molecule has 8 nitrogen and oxygen atoms in total. The van der Waals surface area contributed by atoms with E-state index in [0.717, 1.165) is 0 Å². The van der Waals surface area contributed by atoms with E-state index < -0.39 is 4.92 Å². The van der Waals surface area contributed by atoms with Gasteiger partial charge in [0, 0.05) is 30.9 Å². The van der Waals surface area contributed by atoms with E-state index in [1.165, 1.54) is 25.3 Å². The molecule has 0 amide bonds. The maximum atomic E-state index is 11.1. The van der Waals surface area contributed by atoms with Gasteiger partial charge < -0.3 is 14.8 Å². The molecular weight excluding hydrogens is 276 g/mol. The number of ether oxygens (including phenoxy) is 2. The van der Waals surface area contributed by atoms with Crippen LogP contribution >= 0.6 is 0 Å². The molecule has 21 heavy (non-hydrogen) atoms. The van der Waals surface area contributed by atoms with E-state index >= 15 is 0 Å². The first kappa shape index (κ1) is 14.5. The minimum Gasteiger partial charge on any atom is -0.497 e. The third-order valence-electron chi connectivity index (χ3n) is 2.72. The van der Waals surface area contributed by atoms with E-state index in [1.54, 1.807) is 20.2 Å². The highest BCUT2D eigenvalue weighted by molar-refractivity contribution is 5.52. The van der Waals surface area contributed by atoms with Crippen LogP contribution in [0.1, 0.15) is 5.56 Å². The Morgan fingerprint density at radius 1 is 1.38 bits per heavy atom. The van der Waals surface area contributed by atoms with Gasteiger partial charge in [-0.3, -0.25) is 10.1 Å². The Balaban J connectivity index is 2.44. The number of anilines is 1. The first-order valence-electron chi connectivity index (χ1n) is 6.07. The molecule has 0 atom stereocenters. The van der Waals surface area contributed by atoms with Gasteiger partial charge in [0.15, 0.2) is 0 Å². The second-order valence-corrected chi connectivity index (χ2v) is 4.12. The highest BCUT2D eigenvalue weighted by Gasteiger charge is 2.18. The van der Waals surface area contributed by atoms with Crippen LogP contribution in [0.4, 0.5) is 11.6 Å². The molecule has 1 aromatic heterocycles. The average Bonchev–Trinajstić information content (AvgIpc) is 2.49. The summed E-state index contributed by atoms with van der Waals surface area (Å²) in [6.45, 7) is 1.75. The number of methoxy groups -OCH3 is 1. The quantitative estimate of drug-likeness (QED) is 0.667. The lowest BCUT2D eigenvalue weighted by Crippen LogP contribution is -2.01. The van der Waals surface area contributed by atoms with Crippen LogP contribution in [0.25, 0.3) is 0 Å². The fourth-order valence-electron chi connectivity index (χ4n) is 1.61. The first-order chi connectivity index (χ1) is 10.0. The molecule has 8 heteroatoms. The third-order valence-corrected chi connectivity index (χ3v) is 2.72. The number of hydrogen-bond donors (Lipinski definition) is 1. The van der Waals surface area contributed by atoms with Gasteiger partial charge in [-0.05, 0) is 13.0 Å². The smallest absolute Gasteiger partial charge is 0.311 e. The van der Waals surface area contributed by atoms with Crippen LogP contribution in [0.15, 0.2) is 24.4 Å². The Morgan fingerprint density at radius 2 is 2.14 bits per heavy atom. The summed E-state index contributed by atoms with van der Waals surface area (Å²) < 4.78 is 10.6. The van der Waals surface area contributed by atoms with Crippen LogP contribution < -0.4 is 14.8 Å². The zero-order chi connectivity index (χ0) is 15.4. The Kier molecular flexibility index (Phi) is 4.17. The van der Waals surface area contributed by atoms with Gasteiger partial charge in [-0.1, -0.05) is 0 Å². The lowest BCUT2D eigenvalue weighted by Gasteiger charge is -2.10. The summed E-state index contributed by atoms with van der Waals surface area (Å²) in [5.41, 5.74) is 0.492. The lowest BCUT2D eigenvalue weighted by atomic mass is 10.2. The third kappa shape index (κ3) is 3.16. The number of benzene rings is 1. The number of hydrogen-bond acceptors (Lipinski definition) is 7. The fourth-order valence-corrected chi connectivity index (χ4v) is 1.61. The van der Waals surface area contributed by atoms with Gasteiger partial charge in [-0.2, -0.15) is 4.98 Å². The lowest BCUT2D eigenvalue weighted by molar-refractivity contribution is -0.385. The summed E-state index contributed by atoms with van der Waals surface area (Å²) in [5.74, 6) is 1.12. The molecule has 1 heterocycles. The summed E-state index contributed by atoms with van der Waals surface area (Å²) in [6.07, 6.45) is 1.57. The van der Waals surface area contributed by atoms with Crippen molar-refractivity contribution < 1.29 is 14.4 Å². The molecule has 0 fully saturated rings. The van der Waals surface area contributed by atoms with Gasteiger partial charge >= 0.3 is 5.69 Å². The van der Waals surface area contributed by atoms with Crippen molar-refractivity contribution in [3.8, 4) is 17.4 Å². The molecule has 2 rings (SSSR count). The van der Waals surface area contributed by atoms with E-state index in [-0.39, 0.29) is 17.3 Å². The van der Waals surface area contributed by atoms with Crippen molar-refractivity contribution in [2.75, 3.05) is 19.5 Å². The second-order valence-electron chi connectivity index (χ2n) is 4.12. The molecule has 1 N–H and O–H groups in total. The normalized spacial score (nSPS) is 10.0. The molecule has 0 aliphatic carbocycles. The molecule has 0 radical (unpaired) electrons. The number of aryl methyl sites for hydroxylation is 1. The number of rotatable bonds is 5. The minimum atomic E-state index is -0.524. The van der Waals surface area contributed by atoms with Crippen molar-refractivity contribution in [3.63, 3.8) is 0 Å². The van der Waals surface area contributed by atoms with Crippen molar-refractivity contribution in [2.24, 2.45) is 0 Å². The van der Waals surface area contributed by atoms with Gasteiger partial charge in [-0.25, -0.2) is 4.98 Å². The predicted molar refractivity (Wildman–Crippen MR) is 76.0 cm³/mol. The summed E-state index contributed by atoms with van der Waals surface area (Å²) in [6, 6.07) is 4.26. The summed E-state index contributed by atoms with van der Waals surface area (Å²) in [4.78, 5) is 18.7. The maximum absolute atomic E-state index is 11.1. The predicted octanol–water partition coefficient (Wildman–Crippen LogP) is 2.54. The van der Waals surface area contributed by atoms with E-state index in [9.17, 15) is 10.1 Å². The van der Waals surface area contributed by atoms with Crippen molar-refractivity contribution in [1.82, 2.24) is 9.97 Å². The molecule has 0 spiro atoms. The number of nitro groups is 1. The Labute approximate surface area is 120 Å². The maximum Gasteiger partial charge on any atom is 0.311 e. The average molecular weight is 290 g/mol. The van der Waals surface area contributed by atoms with Crippen LogP contribution in [-0.2, 0) is 0 Å². The first-order valence-corrected chi connectivity index (χ1v) is 6.07. The van der Waals surface area contributed by atoms with Crippen LogP contribution in [0.3, 0.4) is 0 Å². The fraction of sp³-hybridized carbons (Fsp3) is 0.231. The van der Waals surface area contributed by atoms with E-state index in [1.807, 2.05) is 0 Å². The topological polar surface area (TPSA) is 99.4 Å². The van der Waals surface area contributed by atoms with Crippen molar-refractivity contribution in [1.29, 1.82) is 0 Å². The van der Waals surface area contributed by atoms with E-state index in [2.05, 4.69) is 15.3 Å². The highest BCUT2D eigenvalue weighted by Crippen LogP contribution is 2.35. The van der Waals surface area contributed by atoms with Gasteiger partial charge in [0.2, 0.25) is 17.6 Å². The highest BCUT2D eigenvalue weighted by atomic mass is 16.6. The van der Waals surface area contributed by atoms with E-state index in [0.29, 0.717) is 17.3 Å². The molecule has 0 unspecified atom stereocenters. The zero-order valence-corrected chi connectivity index (χ0v) is 11.8. The monoisotopic (exact) mass is 290 g/mol. The van der Waals surface area contributed by atoms with Crippen LogP contribution in [-0.4, -0.2) is 29.0 Å². The van der Waals surface area contributed by atoms with Crippen molar-refractivity contribution in [3.05, 3.63) is 40.1 Å². The number of nitro benzene ring substituents is 1. The molecule has 1 aromatic carbocycles. The molecule has 0 bridgehead atoms. The summed E-state index contributed by atoms with van der Waals surface area (Å²) in [5, 5.41) is 13.8. The van der Waals surface area contributed by atoms with E-state index in [4.69, 9.17) is 9.47 Å². The van der Waals surface area contributed by atoms with Crippen LogP contribution in [0.5, 0.6) is 17.4 Å². The summed E-state index contributed by atoms with van der Waals surface area (Å²) >= 11 is 0. The second kappa shape index (κ2) is 6.04. The van der Waals surface area contributed by atoms with Gasteiger partial charge in [0.1, 0.15) is 5.75 Å².